The summed E-state index contributed by atoms with van der Waals surface area (Å²) >= 11 is 3.57. The number of rotatable bonds is 11. The lowest BCUT2D eigenvalue weighted by Crippen LogP contribution is -2.14. The van der Waals surface area contributed by atoms with Crippen molar-refractivity contribution < 1.29 is 23.7 Å². The van der Waals surface area contributed by atoms with Gasteiger partial charge in [0.15, 0.2) is 5.78 Å². The molecule has 0 aromatic heterocycles. The lowest BCUT2D eigenvalue weighted by Gasteiger charge is -2.19. The minimum absolute atomic E-state index is 0.0213. The zero-order valence-corrected chi connectivity index (χ0v) is 21.9. The number of carbonyl (C=O) groups is 1. The smallest absolute Gasteiger partial charge is 0.171 e. The highest BCUT2D eigenvalue weighted by atomic mass is 79.9. The summed E-state index contributed by atoms with van der Waals surface area (Å²) in [5.74, 6) is 2.46. The second kappa shape index (κ2) is 11.6. The molecule has 0 bridgehead atoms. The van der Waals surface area contributed by atoms with Crippen molar-refractivity contribution in [3.8, 4) is 23.0 Å². The van der Waals surface area contributed by atoms with Crippen molar-refractivity contribution in [3.63, 3.8) is 0 Å². The fourth-order valence-electron chi connectivity index (χ4n) is 3.12. The van der Waals surface area contributed by atoms with E-state index in [2.05, 4.69) is 15.9 Å². The number of hydrogen-bond acceptors (Lipinski definition) is 5. The van der Waals surface area contributed by atoms with Gasteiger partial charge in [0.2, 0.25) is 0 Å². The molecule has 0 saturated carbocycles. The molecule has 5 nitrogen and oxygen atoms in total. The summed E-state index contributed by atoms with van der Waals surface area (Å²) in [6.07, 6.45) is 0.110. The highest BCUT2D eigenvalue weighted by Gasteiger charge is 2.20. The predicted molar refractivity (Wildman–Crippen MR) is 132 cm³/mol. The Labute approximate surface area is 200 Å². The molecule has 0 fully saturated rings. The van der Waals surface area contributed by atoms with Gasteiger partial charge in [-0.1, -0.05) is 0 Å². The topological polar surface area (TPSA) is 54.0 Å². The molecule has 0 saturated heterocycles. The molecular formula is C26H35BrO5. The van der Waals surface area contributed by atoms with E-state index in [1.54, 1.807) is 18.2 Å². The van der Waals surface area contributed by atoms with Crippen molar-refractivity contribution in [1.82, 2.24) is 0 Å². The van der Waals surface area contributed by atoms with Gasteiger partial charge in [0.1, 0.15) is 23.0 Å². The molecule has 2 rings (SSSR count). The number of hydrogen-bond donors (Lipinski definition) is 0. The van der Waals surface area contributed by atoms with E-state index < -0.39 is 0 Å². The molecular weight excluding hydrogens is 472 g/mol. The van der Waals surface area contributed by atoms with Gasteiger partial charge in [-0.2, -0.15) is 0 Å². The standard InChI is InChI=1S/C26H35BrO5/c1-15(2)29-20-9-10-21(25(13-20)31-17(5)6)23(28)12-19-11-22(27)26(32-18(7)8)14-24(19)30-16(3)4/h9-11,13-18H,12H2,1-8H3. The average molecular weight is 507 g/mol. The Morgan fingerprint density at radius 1 is 0.719 bits per heavy atom. The molecule has 2 aromatic rings. The van der Waals surface area contributed by atoms with Crippen LogP contribution in [0.5, 0.6) is 23.0 Å². The Morgan fingerprint density at radius 2 is 1.25 bits per heavy atom. The van der Waals surface area contributed by atoms with Gasteiger partial charge in [-0.15, -0.1) is 0 Å². The van der Waals surface area contributed by atoms with Crippen molar-refractivity contribution in [2.45, 2.75) is 86.2 Å². The first-order valence-electron chi connectivity index (χ1n) is 11.1. The predicted octanol–water partition coefficient (Wildman–Crippen LogP) is 7.02. The van der Waals surface area contributed by atoms with Crippen molar-refractivity contribution >= 4 is 21.7 Å². The highest BCUT2D eigenvalue weighted by molar-refractivity contribution is 9.10. The summed E-state index contributed by atoms with van der Waals surface area (Å²) in [7, 11) is 0. The van der Waals surface area contributed by atoms with E-state index in [0.717, 1.165) is 10.0 Å². The van der Waals surface area contributed by atoms with Crippen LogP contribution in [-0.2, 0) is 6.42 Å². The van der Waals surface area contributed by atoms with Crippen LogP contribution < -0.4 is 18.9 Å². The quantitative estimate of drug-likeness (QED) is 0.306. The molecule has 0 unspecified atom stereocenters. The number of benzene rings is 2. The van der Waals surface area contributed by atoms with Crippen molar-refractivity contribution in [2.75, 3.05) is 0 Å². The third kappa shape index (κ3) is 7.73. The summed E-state index contributed by atoms with van der Waals surface area (Å²) in [5, 5.41) is 0. The second-order valence-electron chi connectivity index (χ2n) is 8.81. The number of carbonyl (C=O) groups excluding carboxylic acids is 1. The minimum Gasteiger partial charge on any atom is -0.491 e. The maximum atomic E-state index is 13.3. The van der Waals surface area contributed by atoms with Gasteiger partial charge in [0.25, 0.3) is 0 Å². The molecule has 0 N–H and O–H groups in total. The molecule has 32 heavy (non-hydrogen) atoms. The SMILES string of the molecule is CC(C)Oc1ccc(C(=O)Cc2cc(Br)c(OC(C)C)cc2OC(C)C)c(OC(C)C)c1. The second-order valence-corrected chi connectivity index (χ2v) is 9.67. The lowest BCUT2D eigenvalue weighted by molar-refractivity contribution is 0.0985. The third-order valence-corrected chi connectivity index (χ3v) is 4.80. The van der Waals surface area contributed by atoms with E-state index >= 15 is 0 Å². The third-order valence-electron chi connectivity index (χ3n) is 4.18. The minimum atomic E-state index is -0.0719. The van der Waals surface area contributed by atoms with Crippen LogP contribution in [0.1, 0.15) is 71.3 Å². The number of ether oxygens (including phenoxy) is 4. The Morgan fingerprint density at radius 3 is 1.81 bits per heavy atom. The average Bonchev–Trinajstić information content (AvgIpc) is 2.63. The first-order valence-corrected chi connectivity index (χ1v) is 11.9. The van der Waals surface area contributed by atoms with E-state index in [0.29, 0.717) is 28.6 Å². The summed E-state index contributed by atoms with van der Waals surface area (Å²) in [6, 6.07) is 9.10. The lowest BCUT2D eigenvalue weighted by atomic mass is 10.0. The molecule has 0 aliphatic rings. The van der Waals surface area contributed by atoms with E-state index in [4.69, 9.17) is 18.9 Å². The van der Waals surface area contributed by atoms with E-state index in [1.807, 2.05) is 67.5 Å². The van der Waals surface area contributed by atoms with Gasteiger partial charge < -0.3 is 18.9 Å². The summed E-state index contributed by atoms with van der Waals surface area (Å²) < 4.78 is 24.4. The van der Waals surface area contributed by atoms with Crippen LogP contribution in [0, 0.1) is 0 Å². The Balaban J connectivity index is 2.41. The van der Waals surface area contributed by atoms with Crippen molar-refractivity contribution in [2.24, 2.45) is 0 Å². The molecule has 0 radical (unpaired) electrons. The van der Waals surface area contributed by atoms with E-state index in [9.17, 15) is 4.79 Å². The molecule has 0 amide bonds. The molecule has 0 aliphatic heterocycles. The Kier molecular flexibility index (Phi) is 9.44. The van der Waals surface area contributed by atoms with Crippen LogP contribution in [0.3, 0.4) is 0 Å². The Hall–Kier alpha value is -2.21. The van der Waals surface area contributed by atoms with E-state index in [1.165, 1.54) is 0 Å². The first kappa shape index (κ1) is 26.0. The zero-order chi connectivity index (χ0) is 24.0. The molecule has 2 aromatic carbocycles. The molecule has 6 heteroatoms. The van der Waals surface area contributed by atoms with Gasteiger partial charge in [0, 0.05) is 24.1 Å². The fraction of sp³-hybridized carbons (Fsp3) is 0.500. The van der Waals surface area contributed by atoms with Crippen LogP contribution in [-0.4, -0.2) is 30.2 Å². The zero-order valence-electron chi connectivity index (χ0n) is 20.3. The van der Waals surface area contributed by atoms with Gasteiger partial charge >= 0.3 is 0 Å². The number of ketones is 1. The van der Waals surface area contributed by atoms with Crippen LogP contribution in [0.4, 0.5) is 0 Å². The fourth-order valence-corrected chi connectivity index (χ4v) is 3.60. The van der Waals surface area contributed by atoms with Crippen LogP contribution >= 0.6 is 15.9 Å². The van der Waals surface area contributed by atoms with Crippen molar-refractivity contribution in [1.29, 1.82) is 0 Å². The molecule has 0 spiro atoms. The molecule has 176 valence electrons. The monoisotopic (exact) mass is 506 g/mol. The summed E-state index contributed by atoms with van der Waals surface area (Å²) in [4.78, 5) is 13.3. The summed E-state index contributed by atoms with van der Waals surface area (Å²) in [6.45, 7) is 15.6. The maximum absolute atomic E-state index is 13.3. The summed E-state index contributed by atoms with van der Waals surface area (Å²) in [5.41, 5.74) is 1.30. The van der Waals surface area contributed by atoms with Crippen LogP contribution in [0.15, 0.2) is 34.8 Å². The van der Waals surface area contributed by atoms with Crippen molar-refractivity contribution in [3.05, 3.63) is 45.9 Å². The molecule has 0 aliphatic carbocycles. The number of halogens is 1. The van der Waals surface area contributed by atoms with Crippen LogP contribution in [0.25, 0.3) is 0 Å². The Bertz CT molecular complexity index is 919. The van der Waals surface area contributed by atoms with Gasteiger partial charge in [0.05, 0.1) is 34.5 Å². The van der Waals surface area contributed by atoms with E-state index in [-0.39, 0.29) is 36.6 Å². The first-order chi connectivity index (χ1) is 15.0. The number of Topliss-reactive ketones (excluding diaryl/α,β-unsaturated/α-hetero) is 1. The highest BCUT2D eigenvalue weighted by Crippen LogP contribution is 2.36. The molecule has 0 atom stereocenters. The normalized spacial score (nSPS) is 11.4. The van der Waals surface area contributed by atoms with Gasteiger partial charge in [-0.25, -0.2) is 0 Å². The largest absolute Gasteiger partial charge is 0.491 e. The molecule has 0 heterocycles. The maximum Gasteiger partial charge on any atom is 0.171 e. The van der Waals surface area contributed by atoms with Gasteiger partial charge in [-0.3, -0.25) is 4.79 Å². The van der Waals surface area contributed by atoms with Crippen LogP contribution in [0.2, 0.25) is 0 Å². The van der Waals surface area contributed by atoms with Gasteiger partial charge in [-0.05, 0) is 89.5 Å².